The molecule has 1 amide bonds. The number of para-hydroxylation sites is 1. The molecule has 6 nitrogen and oxygen atoms in total. The number of ether oxygens (including phenoxy) is 2. The molecule has 2 aromatic rings. The molecular formula is C15H14N2O4S. The molecule has 0 atom stereocenters. The first-order valence-corrected chi connectivity index (χ1v) is 7.12. The van der Waals surface area contributed by atoms with Crippen LogP contribution in [0.2, 0.25) is 0 Å². The van der Waals surface area contributed by atoms with Gasteiger partial charge in [0.1, 0.15) is 0 Å². The van der Waals surface area contributed by atoms with Crippen LogP contribution in [0.25, 0.3) is 0 Å². The summed E-state index contributed by atoms with van der Waals surface area (Å²) in [6.07, 6.45) is 1.54. The second-order valence-electron chi connectivity index (χ2n) is 4.09. The van der Waals surface area contributed by atoms with Crippen molar-refractivity contribution in [2.75, 3.05) is 19.5 Å². The van der Waals surface area contributed by atoms with Crippen LogP contribution in [0.1, 0.15) is 10.4 Å². The van der Waals surface area contributed by atoms with E-state index in [1.807, 2.05) is 0 Å². The fourth-order valence-electron chi connectivity index (χ4n) is 1.67. The molecule has 1 aromatic heterocycles. The van der Waals surface area contributed by atoms with Gasteiger partial charge in [0, 0.05) is 17.2 Å². The van der Waals surface area contributed by atoms with Crippen molar-refractivity contribution in [3.63, 3.8) is 0 Å². The Balaban J connectivity index is 2.07. The van der Waals surface area contributed by atoms with Gasteiger partial charge in [0.15, 0.2) is 0 Å². The Hall–Kier alpha value is -2.54. The molecule has 0 spiro atoms. The summed E-state index contributed by atoms with van der Waals surface area (Å²) in [5.74, 6) is -0.0344. The van der Waals surface area contributed by atoms with Gasteiger partial charge in [0.05, 0.1) is 25.5 Å². The van der Waals surface area contributed by atoms with Gasteiger partial charge >= 0.3 is 5.97 Å². The highest BCUT2D eigenvalue weighted by Crippen LogP contribution is 2.23. The van der Waals surface area contributed by atoms with Crippen molar-refractivity contribution in [2.45, 2.75) is 4.90 Å². The van der Waals surface area contributed by atoms with Gasteiger partial charge in [-0.3, -0.25) is 4.79 Å². The molecule has 7 heteroatoms. The highest BCUT2D eigenvalue weighted by molar-refractivity contribution is 8.13. The minimum absolute atomic E-state index is 0.298. The monoisotopic (exact) mass is 318 g/mol. The van der Waals surface area contributed by atoms with E-state index in [9.17, 15) is 9.59 Å². The number of methoxy groups -OCH3 is 2. The molecule has 0 fully saturated rings. The van der Waals surface area contributed by atoms with Gasteiger partial charge < -0.3 is 14.8 Å². The standard InChI is InChI=1S/C15H14N2O4S/c1-20-13-8-7-10(9-16-13)22-15(19)17-12-6-4-3-5-11(12)14(18)21-2/h3-9H,1-2H3,(H,17,19). The number of esters is 1. The number of rotatable bonds is 4. The van der Waals surface area contributed by atoms with Gasteiger partial charge in [-0.1, -0.05) is 12.1 Å². The first-order chi connectivity index (χ1) is 10.6. The van der Waals surface area contributed by atoms with Crippen molar-refractivity contribution in [1.82, 2.24) is 4.98 Å². The van der Waals surface area contributed by atoms with E-state index in [0.29, 0.717) is 22.0 Å². The molecule has 114 valence electrons. The SMILES string of the molecule is COC(=O)c1ccccc1NC(=O)Sc1ccc(OC)nc1. The predicted molar refractivity (Wildman–Crippen MR) is 83.4 cm³/mol. The van der Waals surface area contributed by atoms with E-state index in [-0.39, 0.29) is 5.24 Å². The van der Waals surface area contributed by atoms with E-state index < -0.39 is 5.97 Å². The fourth-order valence-corrected chi connectivity index (χ4v) is 2.29. The Morgan fingerprint density at radius 1 is 1.14 bits per heavy atom. The highest BCUT2D eigenvalue weighted by atomic mass is 32.2. The Morgan fingerprint density at radius 2 is 1.91 bits per heavy atom. The van der Waals surface area contributed by atoms with E-state index >= 15 is 0 Å². The quantitative estimate of drug-likeness (QED) is 0.689. The second-order valence-corrected chi connectivity index (χ2v) is 5.13. The molecule has 0 aliphatic carbocycles. The number of anilines is 1. The van der Waals surface area contributed by atoms with Crippen molar-refractivity contribution in [2.24, 2.45) is 0 Å². The van der Waals surface area contributed by atoms with Crippen LogP contribution in [0, 0.1) is 0 Å². The van der Waals surface area contributed by atoms with Gasteiger partial charge in [-0.25, -0.2) is 9.78 Å². The topological polar surface area (TPSA) is 77.5 Å². The Labute approximate surface area is 131 Å². The van der Waals surface area contributed by atoms with E-state index in [1.54, 1.807) is 36.4 Å². The maximum absolute atomic E-state index is 12.0. The lowest BCUT2D eigenvalue weighted by molar-refractivity contribution is 0.0602. The maximum atomic E-state index is 12.0. The third kappa shape index (κ3) is 3.98. The van der Waals surface area contributed by atoms with Crippen LogP contribution >= 0.6 is 11.8 Å². The Kier molecular flexibility index (Phi) is 5.37. The summed E-state index contributed by atoms with van der Waals surface area (Å²) in [4.78, 5) is 28.4. The smallest absolute Gasteiger partial charge is 0.339 e. The number of hydrogen-bond acceptors (Lipinski definition) is 6. The van der Waals surface area contributed by atoms with Crippen molar-refractivity contribution in [1.29, 1.82) is 0 Å². The molecule has 0 saturated carbocycles. The average molecular weight is 318 g/mol. The van der Waals surface area contributed by atoms with Gasteiger partial charge in [0.25, 0.3) is 5.24 Å². The van der Waals surface area contributed by atoms with Crippen LogP contribution in [0.3, 0.4) is 0 Å². The largest absolute Gasteiger partial charge is 0.481 e. The van der Waals surface area contributed by atoms with Crippen molar-refractivity contribution in [3.05, 3.63) is 48.2 Å². The van der Waals surface area contributed by atoms with Crippen LogP contribution in [0.15, 0.2) is 47.5 Å². The molecule has 22 heavy (non-hydrogen) atoms. The lowest BCUT2D eigenvalue weighted by atomic mass is 10.2. The number of nitrogens with zero attached hydrogens (tertiary/aromatic N) is 1. The second kappa shape index (κ2) is 7.46. The lowest BCUT2D eigenvalue weighted by Gasteiger charge is -2.09. The molecule has 0 saturated heterocycles. The molecular weight excluding hydrogens is 304 g/mol. The lowest BCUT2D eigenvalue weighted by Crippen LogP contribution is -2.11. The fraction of sp³-hybridized carbons (Fsp3) is 0.133. The Bertz CT molecular complexity index is 673. The van der Waals surface area contributed by atoms with E-state index in [0.717, 1.165) is 11.8 Å². The Morgan fingerprint density at radius 3 is 2.55 bits per heavy atom. The zero-order valence-electron chi connectivity index (χ0n) is 12.0. The number of thioether (sulfide) groups is 1. The summed E-state index contributed by atoms with van der Waals surface area (Å²) in [5.41, 5.74) is 0.695. The molecule has 0 unspecified atom stereocenters. The van der Waals surface area contributed by atoms with Gasteiger partial charge in [-0.2, -0.15) is 0 Å². The summed E-state index contributed by atoms with van der Waals surface area (Å²) < 4.78 is 9.63. The molecule has 0 radical (unpaired) electrons. The van der Waals surface area contributed by atoms with Gasteiger partial charge in [-0.15, -0.1) is 0 Å². The number of carbonyl (C=O) groups is 2. The number of amides is 1. The van der Waals surface area contributed by atoms with Crippen LogP contribution in [0.4, 0.5) is 10.5 Å². The molecule has 1 heterocycles. The van der Waals surface area contributed by atoms with Gasteiger partial charge in [-0.05, 0) is 30.0 Å². The number of benzene rings is 1. The predicted octanol–water partition coefficient (Wildman–Crippen LogP) is 3.20. The van der Waals surface area contributed by atoms with E-state index in [4.69, 9.17) is 4.74 Å². The summed E-state index contributed by atoms with van der Waals surface area (Å²) in [6.45, 7) is 0. The molecule has 1 aromatic carbocycles. The number of hydrogen-bond donors (Lipinski definition) is 1. The molecule has 1 N–H and O–H groups in total. The maximum Gasteiger partial charge on any atom is 0.339 e. The third-order valence-corrected chi connectivity index (χ3v) is 3.46. The number of nitrogens with one attached hydrogen (secondary N) is 1. The molecule has 0 bridgehead atoms. The first kappa shape index (κ1) is 15.8. The summed E-state index contributed by atoms with van der Waals surface area (Å²) in [6, 6.07) is 10.0. The zero-order valence-corrected chi connectivity index (χ0v) is 12.8. The summed E-state index contributed by atoms with van der Waals surface area (Å²) in [5, 5.41) is 2.34. The van der Waals surface area contributed by atoms with Crippen LogP contribution < -0.4 is 10.1 Å². The molecule has 0 aliphatic heterocycles. The van der Waals surface area contributed by atoms with Crippen LogP contribution in [-0.4, -0.2) is 30.4 Å². The van der Waals surface area contributed by atoms with Crippen molar-refractivity contribution >= 4 is 28.7 Å². The third-order valence-electron chi connectivity index (χ3n) is 2.70. The molecule has 2 rings (SSSR count). The number of pyridine rings is 1. The minimum Gasteiger partial charge on any atom is -0.481 e. The summed E-state index contributed by atoms with van der Waals surface area (Å²) >= 11 is 0.965. The van der Waals surface area contributed by atoms with Gasteiger partial charge in [0.2, 0.25) is 5.88 Å². The zero-order chi connectivity index (χ0) is 15.9. The average Bonchev–Trinajstić information content (AvgIpc) is 2.55. The number of aromatic nitrogens is 1. The van der Waals surface area contributed by atoms with Crippen molar-refractivity contribution in [3.8, 4) is 5.88 Å². The van der Waals surface area contributed by atoms with Crippen molar-refractivity contribution < 1.29 is 19.1 Å². The van der Waals surface area contributed by atoms with Crippen LogP contribution in [0.5, 0.6) is 5.88 Å². The normalized spacial score (nSPS) is 9.91. The van der Waals surface area contributed by atoms with E-state index in [1.165, 1.54) is 20.4 Å². The molecule has 0 aliphatic rings. The van der Waals surface area contributed by atoms with Crippen LogP contribution in [-0.2, 0) is 4.74 Å². The highest BCUT2D eigenvalue weighted by Gasteiger charge is 2.14. The number of carbonyl (C=O) groups excluding carboxylic acids is 2. The first-order valence-electron chi connectivity index (χ1n) is 6.30. The summed E-state index contributed by atoms with van der Waals surface area (Å²) in [7, 11) is 2.81. The minimum atomic E-state index is -0.507. The van der Waals surface area contributed by atoms with E-state index in [2.05, 4.69) is 15.0 Å².